The van der Waals surface area contributed by atoms with Gasteiger partial charge in [-0.2, -0.15) is 18.3 Å². The Hall–Kier alpha value is -2.85. The van der Waals surface area contributed by atoms with E-state index in [0.717, 1.165) is 6.20 Å². The van der Waals surface area contributed by atoms with Crippen LogP contribution in [0.15, 0.2) is 65.7 Å². The van der Waals surface area contributed by atoms with Gasteiger partial charge in [-0.1, -0.05) is 24.3 Å². The number of sulfonamides is 1. The highest BCUT2D eigenvalue weighted by Crippen LogP contribution is 2.46. The fourth-order valence-electron chi connectivity index (χ4n) is 3.24. The van der Waals surface area contributed by atoms with Crippen LogP contribution in [-0.2, 0) is 10.0 Å². The van der Waals surface area contributed by atoms with Crippen molar-refractivity contribution in [1.29, 1.82) is 0 Å². The summed E-state index contributed by atoms with van der Waals surface area (Å²) in [6, 6.07) is 14.0. The van der Waals surface area contributed by atoms with Crippen LogP contribution < -0.4 is 4.72 Å². The van der Waals surface area contributed by atoms with E-state index in [1.165, 1.54) is 28.9 Å². The molecule has 1 heterocycles. The molecule has 1 unspecified atom stereocenters. The topological polar surface area (TPSA) is 84.2 Å². The molecule has 158 valence electrons. The number of hydrogen-bond donors (Lipinski definition) is 2. The van der Waals surface area contributed by atoms with Crippen molar-refractivity contribution in [1.82, 2.24) is 9.78 Å². The normalized spacial score (nSPS) is 15.7. The molecule has 1 saturated carbocycles. The van der Waals surface area contributed by atoms with Crippen LogP contribution >= 0.6 is 0 Å². The van der Waals surface area contributed by atoms with Crippen LogP contribution in [0.25, 0.3) is 5.69 Å². The van der Waals surface area contributed by atoms with E-state index in [1.807, 2.05) is 0 Å². The maximum Gasteiger partial charge on any atom is 0.418 e. The van der Waals surface area contributed by atoms with Crippen molar-refractivity contribution < 1.29 is 26.7 Å². The summed E-state index contributed by atoms with van der Waals surface area (Å²) in [4.78, 5) is 0.0868. The molecular formula is C20H18F3N3O3S. The molecule has 2 aromatic carbocycles. The minimum atomic E-state index is -4.80. The third kappa shape index (κ3) is 4.05. The number of aromatic nitrogens is 2. The molecule has 0 saturated heterocycles. The lowest BCUT2D eigenvalue weighted by Crippen LogP contribution is -2.21. The van der Waals surface area contributed by atoms with Gasteiger partial charge in [0, 0.05) is 11.5 Å². The zero-order valence-corrected chi connectivity index (χ0v) is 16.4. The molecule has 0 radical (unpaired) electrons. The third-order valence-electron chi connectivity index (χ3n) is 4.80. The lowest BCUT2D eigenvalue weighted by atomic mass is 10.1. The van der Waals surface area contributed by atoms with Crippen molar-refractivity contribution in [3.05, 3.63) is 72.1 Å². The number of alkyl halides is 3. The molecular weight excluding hydrogens is 419 g/mol. The Morgan fingerprint density at radius 3 is 2.43 bits per heavy atom. The smallest absolute Gasteiger partial charge is 0.379 e. The van der Waals surface area contributed by atoms with Gasteiger partial charge in [0.05, 0.1) is 28.2 Å². The highest BCUT2D eigenvalue weighted by atomic mass is 32.2. The van der Waals surface area contributed by atoms with E-state index in [0.29, 0.717) is 24.2 Å². The molecule has 1 aliphatic rings. The predicted octanol–water partition coefficient (Wildman–Crippen LogP) is 4.15. The first-order valence-electron chi connectivity index (χ1n) is 9.18. The number of anilines is 1. The Labute approximate surface area is 171 Å². The number of hydrogen-bond acceptors (Lipinski definition) is 4. The fraction of sp³-hybridized carbons (Fsp3) is 0.250. The van der Waals surface area contributed by atoms with E-state index < -0.39 is 22.3 Å². The van der Waals surface area contributed by atoms with E-state index >= 15 is 0 Å². The Kier molecular flexibility index (Phi) is 5.07. The van der Waals surface area contributed by atoms with Gasteiger partial charge in [-0.25, -0.2) is 13.1 Å². The Morgan fingerprint density at radius 2 is 1.80 bits per heavy atom. The molecule has 0 spiro atoms. The van der Waals surface area contributed by atoms with Gasteiger partial charge in [-0.15, -0.1) is 0 Å². The second-order valence-electron chi connectivity index (χ2n) is 7.08. The van der Waals surface area contributed by atoms with Gasteiger partial charge in [0.25, 0.3) is 10.0 Å². The molecule has 30 heavy (non-hydrogen) atoms. The number of nitrogens with zero attached hydrogens (tertiary/aromatic N) is 2. The van der Waals surface area contributed by atoms with Crippen LogP contribution in [0.5, 0.6) is 0 Å². The second-order valence-corrected chi connectivity index (χ2v) is 8.77. The van der Waals surface area contributed by atoms with Crippen molar-refractivity contribution >= 4 is 15.7 Å². The van der Waals surface area contributed by atoms with Gasteiger partial charge in [-0.3, -0.25) is 4.72 Å². The molecule has 4 rings (SSSR count). The lowest BCUT2D eigenvalue weighted by molar-refractivity contribution is -0.207. The molecule has 0 bridgehead atoms. The number of aliphatic hydroxyl groups is 1. The standard InChI is InChI=1S/C20H18F3N3O3S/c21-20(22,23)19(27)17-12-24-26(18(17)13-9-10-13)15-6-4-5-14(11-15)25-30(28,29)16-7-2-1-3-8-16/h1-8,11-13,19,25,27H,9-10H2. The van der Waals surface area contributed by atoms with Crippen molar-refractivity contribution in [2.75, 3.05) is 4.72 Å². The van der Waals surface area contributed by atoms with E-state index in [1.54, 1.807) is 30.3 Å². The molecule has 1 aliphatic carbocycles. The van der Waals surface area contributed by atoms with Gasteiger partial charge in [0.1, 0.15) is 0 Å². The van der Waals surface area contributed by atoms with Crippen LogP contribution in [0.2, 0.25) is 0 Å². The minimum Gasteiger partial charge on any atom is -0.379 e. The summed E-state index contributed by atoms with van der Waals surface area (Å²) in [5.74, 6) is -0.135. The number of nitrogens with one attached hydrogen (secondary N) is 1. The summed E-state index contributed by atoms with van der Waals surface area (Å²) >= 11 is 0. The number of rotatable bonds is 6. The van der Waals surface area contributed by atoms with Crippen molar-refractivity contribution in [2.45, 2.75) is 35.9 Å². The molecule has 1 aromatic heterocycles. The van der Waals surface area contributed by atoms with Gasteiger partial charge < -0.3 is 5.11 Å². The first-order valence-corrected chi connectivity index (χ1v) is 10.7. The summed E-state index contributed by atoms with van der Waals surface area (Å²) in [6.07, 6.45) is -5.01. The molecule has 0 aliphatic heterocycles. The zero-order valence-electron chi connectivity index (χ0n) is 15.5. The zero-order chi connectivity index (χ0) is 21.5. The summed E-state index contributed by atoms with van der Waals surface area (Å²) in [5, 5.41) is 13.8. The number of benzene rings is 2. The van der Waals surface area contributed by atoms with Crippen molar-refractivity contribution in [3.8, 4) is 5.69 Å². The first kappa shape index (κ1) is 20.4. The first-order chi connectivity index (χ1) is 14.2. The van der Waals surface area contributed by atoms with E-state index in [9.17, 15) is 26.7 Å². The Bertz CT molecular complexity index is 1160. The number of halogens is 3. The Morgan fingerprint density at radius 1 is 1.10 bits per heavy atom. The van der Waals surface area contributed by atoms with Crippen LogP contribution in [0.3, 0.4) is 0 Å². The summed E-state index contributed by atoms with van der Waals surface area (Å²) < 4.78 is 68.1. The molecule has 2 N–H and O–H groups in total. The molecule has 6 nitrogen and oxygen atoms in total. The van der Waals surface area contributed by atoms with Gasteiger partial charge >= 0.3 is 6.18 Å². The molecule has 1 fully saturated rings. The van der Waals surface area contributed by atoms with Crippen molar-refractivity contribution in [3.63, 3.8) is 0 Å². The largest absolute Gasteiger partial charge is 0.418 e. The van der Waals surface area contributed by atoms with Crippen LogP contribution in [0.4, 0.5) is 18.9 Å². The average molecular weight is 437 g/mol. The van der Waals surface area contributed by atoms with E-state index in [4.69, 9.17) is 0 Å². The SMILES string of the molecule is O=S(=O)(Nc1cccc(-n2ncc(C(O)C(F)(F)F)c2C2CC2)c1)c1ccccc1. The highest BCUT2D eigenvalue weighted by molar-refractivity contribution is 7.92. The van der Waals surface area contributed by atoms with Crippen molar-refractivity contribution in [2.24, 2.45) is 0 Å². The third-order valence-corrected chi connectivity index (χ3v) is 6.20. The molecule has 10 heteroatoms. The minimum absolute atomic E-state index is 0.0868. The van der Waals surface area contributed by atoms with Gasteiger partial charge in [0.15, 0.2) is 6.10 Å². The average Bonchev–Trinajstić information content (AvgIpc) is 3.45. The summed E-state index contributed by atoms with van der Waals surface area (Å²) in [5.41, 5.74) is 0.653. The second kappa shape index (κ2) is 7.44. The van der Waals surface area contributed by atoms with E-state index in [2.05, 4.69) is 9.82 Å². The van der Waals surface area contributed by atoms with Crippen LogP contribution in [-0.4, -0.2) is 29.5 Å². The van der Waals surface area contributed by atoms with Crippen LogP contribution in [0.1, 0.15) is 36.1 Å². The maximum atomic E-state index is 13.1. The highest BCUT2D eigenvalue weighted by Gasteiger charge is 2.44. The maximum absolute atomic E-state index is 13.1. The molecule has 3 aromatic rings. The quantitative estimate of drug-likeness (QED) is 0.607. The van der Waals surface area contributed by atoms with E-state index in [-0.39, 0.29) is 22.1 Å². The Balaban J connectivity index is 1.69. The lowest BCUT2D eigenvalue weighted by Gasteiger charge is -2.16. The molecule has 1 atom stereocenters. The molecule has 0 amide bonds. The monoisotopic (exact) mass is 437 g/mol. The predicted molar refractivity (Wildman–Crippen MR) is 104 cm³/mol. The summed E-state index contributed by atoms with van der Waals surface area (Å²) in [7, 11) is -3.82. The van der Waals surface area contributed by atoms with Gasteiger partial charge in [0.2, 0.25) is 0 Å². The fourth-order valence-corrected chi connectivity index (χ4v) is 4.31. The number of aliphatic hydroxyl groups excluding tert-OH is 1. The summed E-state index contributed by atoms with van der Waals surface area (Å²) in [6.45, 7) is 0. The van der Waals surface area contributed by atoms with Gasteiger partial charge in [-0.05, 0) is 43.2 Å². The van der Waals surface area contributed by atoms with Crippen LogP contribution in [0, 0.1) is 0 Å².